The Bertz CT molecular complexity index is 706. The maximum Gasteiger partial charge on any atom is 0.322 e. The first-order chi connectivity index (χ1) is 11.0. The minimum absolute atomic E-state index is 0.110. The molecule has 1 N–H and O–H groups in total. The summed E-state index contributed by atoms with van der Waals surface area (Å²) in [7, 11) is 3.01. The predicted molar refractivity (Wildman–Crippen MR) is 84.4 cm³/mol. The number of rotatable bonds is 5. The zero-order valence-corrected chi connectivity index (χ0v) is 12.7. The van der Waals surface area contributed by atoms with E-state index in [-0.39, 0.29) is 11.4 Å². The number of hydrogen-bond donors (Lipinski definition) is 1. The van der Waals surface area contributed by atoms with E-state index in [2.05, 4.69) is 10.3 Å². The van der Waals surface area contributed by atoms with E-state index in [1.807, 2.05) is 6.07 Å². The van der Waals surface area contributed by atoms with Gasteiger partial charge in [0.15, 0.2) is 0 Å². The maximum atomic E-state index is 12.2. The Balaban J connectivity index is 2.12. The highest BCUT2D eigenvalue weighted by molar-refractivity contribution is 5.91. The summed E-state index contributed by atoms with van der Waals surface area (Å²) in [6.07, 6.45) is 3.30. The van der Waals surface area contributed by atoms with Crippen molar-refractivity contribution in [3.63, 3.8) is 0 Å². The smallest absolute Gasteiger partial charge is 0.322 e. The van der Waals surface area contributed by atoms with Gasteiger partial charge < -0.3 is 15.0 Å². The Kier molecular flexibility index (Phi) is 5.08. The number of anilines is 1. The monoisotopic (exact) mass is 316 g/mol. The molecule has 2 rings (SSSR count). The fraction of sp³-hybridized carbons (Fsp3) is 0.200. The molecule has 0 aliphatic rings. The van der Waals surface area contributed by atoms with E-state index >= 15 is 0 Å². The lowest BCUT2D eigenvalue weighted by atomic mass is 10.2. The summed E-state index contributed by atoms with van der Waals surface area (Å²) in [6, 6.07) is 7.40. The van der Waals surface area contributed by atoms with Crippen LogP contribution in [0.15, 0.2) is 42.7 Å². The number of carbonyl (C=O) groups is 1. The van der Waals surface area contributed by atoms with Gasteiger partial charge in [0.1, 0.15) is 11.4 Å². The molecule has 2 amide bonds. The molecular formula is C15H16N4O4. The lowest BCUT2D eigenvalue weighted by molar-refractivity contribution is -0.384. The molecule has 0 atom stereocenters. The average molecular weight is 316 g/mol. The third kappa shape index (κ3) is 4.16. The zero-order valence-electron chi connectivity index (χ0n) is 12.7. The predicted octanol–water partition coefficient (Wildman–Crippen LogP) is 2.66. The second kappa shape index (κ2) is 7.21. The van der Waals surface area contributed by atoms with Crippen LogP contribution in [0.2, 0.25) is 0 Å². The van der Waals surface area contributed by atoms with Crippen molar-refractivity contribution >= 4 is 17.4 Å². The second-order valence-corrected chi connectivity index (χ2v) is 4.79. The molecule has 0 radical (unpaired) electrons. The van der Waals surface area contributed by atoms with Crippen LogP contribution in [0.1, 0.15) is 5.56 Å². The number of carbonyl (C=O) groups excluding carboxylic acids is 1. The van der Waals surface area contributed by atoms with Crippen molar-refractivity contribution in [2.24, 2.45) is 0 Å². The second-order valence-electron chi connectivity index (χ2n) is 4.79. The van der Waals surface area contributed by atoms with E-state index in [1.165, 1.54) is 24.1 Å². The molecule has 0 spiro atoms. The van der Waals surface area contributed by atoms with Gasteiger partial charge in [-0.05, 0) is 23.8 Å². The number of amides is 2. The number of methoxy groups -OCH3 is 1. The summed E-state index contributed by atoms with van der Waals surface area (Å²) in [4.78, 5) is 28.1. The van der Waals surface area contributed by atoms with Gasteiger partial charge in [0.05, 0.1) is 18.1 Å². The molecule has 2 aromatic rings. The van der Waals surface area contributed by atoms with Crippen LogP contribution in [-0.2, 0) is 6.54 Å². The number of nitrogens with zero attached hydrogens (tertiary/aromatic N) is 3. The highest BCUT2D eigenvalue weighted by Gasteiger charge is 2.19. The van der Waals surface area contributed by atoms with E-state index in [9.17, 15) is 14.9 Å². The largest absolute Gasteiger partial charge is 0.496 e. The third-order valence-electron chi connectivity index (χ3n) is 3.13. The van der Waals surface area contributed by atoms with Gasteiger partial charge in [0.2, 0.25) is 0 Å². The molecule has 0 fully saturated rings. The van der Waals surface area contributed by atoms with E-state index in [0.29, 0.717) is 12.3 Å². The van der Waals surface area contributed by atoms with Crippen LogP contribution in [0.5, 0.6) is 5.75 Å². The molecule has 8 heteroatoms. The first kappa shape index (κ1) is 16.2. The molecule has 0 unspecified atom stereocenters. The number of aromatic nitrogens is 1. The number of nitrogens with one attached hydrogen (secondary N) is 1. The summed E-state index contributed by atoms with van der Waals surface area (Å²) >= 11 is 0. The molecule has 1 aromatic carbocycles. The molecule has 0 aliphatic heterocycles. The van der Waals surface area contributed by atoms with Crippen LogP contribution in [0.4, 0.5) is 16.2 Å². The van der Waals surface area contributed by atoms with Gasteiger partial charge >= 0.3 is 6.03 Å². The van der Waals surface area contributed by atoms with Crippen molar-refractivity contribution in [1.82, 2.24) is 9.88 Å². The SMILES string of the molecule is COc1ccc(NC(=O)N(C)Cc2cccnc2)c([N+](=O)[O-])c1. The van der Waals surface area contributed by atoms with Crippen LogP contribution >= 0.6 is 0 Å². The fourth-order valence-corrected chi connectivity index (χ4v) is 1.94. The molecule has 1 heterocycles. The topological polar surface area (TPSA) is 97.6 Å². The van der Waals surface area contributed by atoms with Crippen molar-refractivity contribution in [3.05, 3.63) is 58.4 Å². The quantitative estimate of drug-likeness (QED) is 0.675. The van der Waals surface area contributed by atoms with Crippen molar-refractivity contribution in [2.45, 2.75) is 6.54 Å². The van der Waals surface area contributed by atoms with Crippen LogP contribution in [-0.4, -0.2) is 35.0 Å². The molecule has 0 aliphatic carbocycles. The number of nitro groups is 1. The number of pyridine rings is 1. The van der Waals surface area contributed by atoms with Gasteiger partial charge in [-0.3, -0.25) is 15.1 Å². The number of ether oxygens (including phenoxy) is 1. The first-order valence-corrected chi connectivity index (χ1v) is 6.74. The number of urea groups is 1. The number of hydrogen-bond acceptors (Lipinski definition) is 5. The highest BCUT2D eigenvalue weighted by Crippen LogP contribution is 2.29. The van der Waals surface area contributed by atoms with Gasteiger partial charge in [-0.25, -0.2) is 4.79 Å². The lowest BCUT2D eigenvalue weighted by Gasteiger charge is -2.18. The number of benzene rings is 1. The Morgan fingerprint density at radius 1 is 1.43 bits per heavy atom. The van der Waals surface area contributed by atoms with Crippen molar-refractivity contribution in [3.8, 4) is 5.75 Å². The van der Waals surface area contributed by atoms with Gasteiger partial charge in [0.25, 0.3) is 5.69 Å². The fourth-order valence-electron chi connectivity index (χ4n) is 1.94. The van der Waals surface area contributed by atoms with Gasteiger partial charge in [-0.1, -0.05) is 6.07 Å². The molecule has 120 valence electrons. The molecule has 23 heavy (non-hydrogen) atoms. The normalized spacial score (nSPS) is 10.0. The molecule has 0 bridgehead atoms. The van der Waals surface area contributed by atoms with E-state index in [1.54, 1.807) is 31.6 Å². The highest BCUT2D eigenvalue weighted by atomic mass is 16.6. The van der Waals surface area contributed by atoms with E-state index in [4.69, 9.17) is 4.74 Å². The average Bonchev–Trinajstić information content (AvgIpc) is 2.55. The van der Waals surface area contributed by atoms with Crippen LogP contribution in [0, 0.1) is 10.1 Å². The summed E-state index contributed by atoms with van der Waals surface area (Å²) in [5.74, 6) is 0.346. The van der Waals surface area contributed by atoms with Crippen molar-refractivity contribution in [1.29, 1.82) is 0 Å². The Morgan fingerprint density at radius 2 is 2.22 bits per heavy atom. The van der Waals surface area contributed by atoms with Crippen LogP contribution in [0.25, 0.3) is 0 Å². The molecule has 1 aromatic heterocycles. The number of nitro benzene ring substituents is 1. The first-order valence-electron chi connectivity index (χ1n) is 6.74. The maximum absolute atomic E-state index is 12.2. The van der Waals surface area contributed by atoms with Crippen molar-refractivity contribution in [2.75, 3.05) is 19.5 Å². The molecule has 8 nitrogen and oxygen atoms in total. The van der Waals surface area contributed by atoms with Gasteiger partial charge in [-0.15, -0.1) is 0 Å². The Labute approximate surface area is 132 Å². The molecular weight excluding hydrogens is 300 g/mol. The van der Waals surface area contributed by atoms with Crippen LogP contribution < -0.4 is 10.1 Å². The lowest BCUT2D eigenvalue weighted by Crippen LogP contribution is -2.31. The van der Waals surface area contributed by atoms with E-state index in [0.717, 1.165) is 5.56 Å². The summed E-state index contributed by atoms with van der Waals surface area (Å²) in [5, 5.41) is 13.6. The summed E-state index contributed by atoms with van der Waals surface area (Å²) in [6.45, 7) is 0.337. The van der Waals surface area contributed by atoms with Gasteiger partial charge in [0, 0.05) is 26.0 Å². The minimum atomic E-state index is -0.570. The zero-order chi connectivity index (χ0) is 16.8. The third-order valence-corrected chi connectivity index (χ3v) is 3.13. The molecule has 0 saturated carbocycles. The van der Waals surface area contributed by atoms with E-state index < -0.39 is 11.0 Å². The minimum Gasteiger partial charge on any atom is -0.496 e. The summed E-state index contributed by atoms with van der Waals surface area (Å²) in [5.41, 5.74) is 0.737. The summed E-state index contributed by atoms with van der Waals surface area (Å²) < 4.78 is 4.96. The standard InChI is InChI=1S/C15H16N4O4/c1-18(10-11-4-3-7-16-9-11)15(20)17-13-6-5-12(23-2)8-14(13)19(21)22/h3-9H,10H2,1-2H3,(H,17,20). The van der Waals surface area contributed by atoms with Gasteiger partial charge in [-0.2, -0.15) is 0 Å². The Morgan fingerprint density at radius 3 is 2.83 bits per heavy atom. The van der Waals surface area contributed by atoms with Crippen LogP contribution in [0.3, 0.4) is 0 Å². The molecule has 0 saturated heterocycles. The Hall–Kier alpha value is -3.16. The van der Waals surface area contributed by atoms with Crippen molar-refractivity contribution < 1.29 is 14.5 Å².